The first-order chi connectivity index (χ1) is 6.74. The molecule has 0 saturated heterocycles. The Morgan fingerprint density at radius 1 is 1.57 bits per heavy atom. The van der Waals surface area contributed by atoms with Crippen LogP contribution < -0.4 is 0 Å². The van der Waals surface area contributed by atoms with Crippen molar-refractivity contribution in [1.82, 2.24) is 0 Å². The van der Waals surface area contributed by atoms with Gasteiger partial charge in [-0.1, -0.05) is 13.0 Å². The van der Waals surface area contributed by atoms with E-state index in [4.69, 9.17) is 0 Å². The third-order valence-corrected chi connectivity index (χ3v) is 4.27. The maximum Gasteiger partial charge on any atom is 0.0676 e. The fraction of sp³-hybridized carbons (Fsp3) is 0.667. The summed E-state index contributed by atoms with van der Waals surface area (Å²) in [7, 11) is 0. The van der Waals surface area contributed by atoms with Crippen molar-refractivity contribution in [3.63, 3.8) is 0 Å². The topological polar surface area (TPSA) is 20.2 Å². The lowest BCUT2D eigenvalue weighted by molar-refractivity contribution is 0.00567. The van der Waals surface area contributed by atoms with Crippen LogP contribution in [-0.2, 0) is 6.42 Å². The second kappa shape index (κ2) is 4.03. The van der Waals surface area contributed by atoms with Crippen LogP contribution in [0.5, 0.6) is 0 Å². The van der Waals surface area contributed by atoms with Gasteiger partial charge in [-0.2, -0.15) is 0 Å². The van der Waals surface area contributed by atoms with Gasteiger partial charge >= 0.3 is 0 Å². The largest absolute Gasteiger partial charge is 0.390 e. The minimum atomic E-state index is -0.371. The predicted molar refractivity (Wildman–Crippen MR) is 60.6 cm³/mol. The van der Waals surface area contributed by atoms with Gasteiger partial charge in [-0.3, -0.25) is 0 Å². The Morgan fingerprint density at radius 3 is 2.86 bits per heavy atom. The summed E-state index contributed by atoms with van der Waals surface area (Å²) in [6.45, 7) is 2.10. The molecule has 1 unspecified atom stereocenters. The lowest BCUT2D eigenvalue weighted by Gasteiger charge is -2.26. The van der Waals surface area contributed by atoms with Crippen molar-refractivity contribution >= 4 is 11.3 Å². The molecule has 78 valence electrons. The number of aliphatic hydroxyl groups is 1. The molecule has 0 aromatic carbocycles. The van der Waals surface area contributed by atoms with E-state index in [-0.39, 0.29) is 5.60 Å². The highest BCUT2D eigenvalue weighted by Crippen LogP contribution is 2.43. The van der Waals surface area contributed by atoms with E-state index in [1.807, 2.05) is 0 Å². The summed E-state index contributed by atoms with van der Waals surface area (Å²) in [5.74, 6) is 0.590. The molecule has 1 aliphatic carbocycles. The van der Waals surface area contributed by atoms with Gasteiger partial charge in [0.05, 0.1) is 5.60 Å². The number of hydrogen-bond acceptors (Lipinski definition) is 2. The first kappa shape index (κ1) is 10.2. The zero-order chi connectivity index (χ0) is 10.0. The van der Waals surface area contributed by atoms with Gasteiger partial charge in [0.1, 0.15) is 0 Å². The number of hydrogen-bond donors (Lipinski definition) is 1. The van der Waals surface area contributed by atoms with Crippen LogP contribution in [0.15, 0.2) is 17.5 Å². The summed E-state index contributed by atoms with van der Waals surface area (Å²) in [6, 6.07) is 4.25. The third-order valence-electron chi connectivity index (χ3n) is 3.33. The predicted octanol–water partition coefficient (Wildman–Crippen LogP) is 3.23. The lowest BCUT2D eigenvalue weighted by Crippen LogP contribution is -2.30. The van der Waals surface area contributed by atoms with Gasteiger partial charge in [0, 0.05) is 4.88 Å². The van der Waals surface area contributed by atoms with E-state index in [0.29, 0.717) is 5.92 Å². The monoisotopic (exact) mass is 210 g/mol. The standard InChI is InChI=1S/C12H18OS/c1-2-12(13,10-5-6-10)8-7-11-4-3-9-14-11/h3-4,9-10,13H,2,5-8H2,1H3. The molecule has 0 aliphatic heterocycles. The fourth-order valence-electron chi connectivity index (χ4n) is 2.08. The number of aryl methyl sites for hydroxylation is 1. The summed E-state index contributed by atoms with van der Waals surface area (Å²) in [6.07, 6.45) is 5.35. The van der Waals surface area contributed by atoms with Crippen LogP contribution >= 0.6 is 11.3 Å². The summed E-state index contributed by atoms with van der Waals surface area (Å²) < 4.78 is 0. The molecule has 1 heterocycles. The van der Waals surface area contributed by atoms with Crippen LogP contribution in [0.25, 0.3) is 0 Å². The Kier molecular flexibility index (Phi) is 2.93. The Morgan fingerprint density at radius 2 is 2.36 bits per heavy atom. The molecule has 1 fully saturated rings. The van der Waals surface area contributed by atoms with Gasteiger partial charge < -0.3 is 5.11 Å². The minimum absolute atomic E-state index is 0.371. The van der Waals surface area contributed by atoms with Gasteiger partial charge in [-0.15, -0.1) is 11.3 Å². The van der Waals surface area contributed by atoms with Crippen molar-refractivity contribution < 1.29 is 5.11 Å². The van der Waals surface area contributed by atoms with Crippen molar-refractivity contribution in [3.8, 4) is 0 Å². The summed E-state index contributed by atoms with van der Waals surface area (Å²) in [4.78, 5) is 1.40. The molecule has 1 saturated carbocycles. The molecule has 1 aliphatic rings. The van der Waals surface area contributed by atoms with Gasteiger partial charge in [-0.25, -0.2) is 0 Å². The van der Waals surface area contributed by atoms with Crippen LogP contribution in [0.2, 0.25) is 0 Å². The van der Waals surface area contributed by atoms with E-state index < -0.39 is 0 Å². The van der Waals surface area contributed by atoms with E-state index in [2.05, 4.69) is 24.4 Å². The summed E-state index contributed by atoms with van der Waals surface area (Å²) >= 11 is 1.80. The van der Waals surface area contributed by atoms with Crippen molar-refractivity contribution in [2.75, 3.05) is 0 Å². The van der Waals surface area contributed by atoms with Crippen LogP contribution in [0.1, 0.15) is 37.5 Å². The minimum Gasteiger partial charge on any atom is -0.390 e. The van der Waals surface area contributed by atoms with E-state index in [9.17, 15) is 5.11 Å². The van der Waals surface area contributed by atoms with Gasteiger partial charge in [0.25, 0.3) is 0 Å². The zero-order valence-corrected chi connectivity index (χ0v) is 9.52. The summed E-state index contributed by atoms with van der Waals surface area (Å²) in [5, 5.41) is 12.5. The molecule has 2 rings (SSSR count). The zero-order valence-electron chi connectivity index (χ0n) is 8.70. The Bertz CT molecular complexity index is 277. The number of rotatable bonds is 5. The van der Waals surface area contributed by atoms with Gasteiger partial charge in [0.2, 0.25) is 0 Å². The number of thiophene rings is 1. The quantitative estimate of drug-likeness (QED) is 0.791. The van der Waals surface area contributed by atoms with Crippen LogP contribution in [-0.4, -0.2) is 10.7 Å². The lowest BCUT2D eigenvalue weighted by atomic mass is 9.89. The van der Waals surface area contributed by atoms with Crippen LogP contribution in [0.4, 0.5) is 0 Å². The average Bonchev–Trinajstić information content (AvgIpc) is 2.94. The van der Waals surface area contributed by atoms with E-state index >= 15 is 0 Å². The highest BCUT2D eigenvalue weighted by molar-refractivity contribution is 7.09. The van der Waals surface area contributed by atoms with E-state index in [0.717, 1.165) is 19.3 Å². The molecule has 0 bridgehead atoms. The van der Waals surface area contributed by atoms with Gasteiger partial charge in [-0.05, 0) is 49.5 Å². The molecular weight excluding hydrogens is 192 g/mol. The van der Waals surface area contributed by atoms with Crippen molar-refractivity contribution in [3.05, 3.63) is 22.4 Å². The van der Waals surface area contributed by atoms with Crippen LogP contribution in [0.3, 0.4) is 0 Å². The van der Waals surface area contributed by atoms with E-state index in [1.54, 1.807) is 11.3 Å². The maximum absolute atomic E-state index is 10.4. The first-order valence-electron chi connectivity index (χ1n) is 5.49. The Hall–Kier alpha value is -0.340. The third kappa shape index (κ3) is 2.18. The SMILES string of the molecule is CCC(O)(CCc1cccs1)C1CC1. The molecule has 0 spiro atoms. The molecule has 1 nitrogen and oxygen atoms in total. The average molecular weight is 210 g/mol. The molecule has 1 atom stereocenters. The van der Waals surface area contributed by atoms with Crippen LogP contribution in [0, 0.1) is 5.92 Å². The fourth-order valence-corrected chi connectivity index (χ4v) is 2.79. The highest BCUT2D eigenvalue weighted by Gasteiger charge is 2.41. The molecule has 1 aromatic rings. The molecule has 1 aromatic heterocycles. The second-order valence-corrected chi connectivity index (χ2v) is 5.34. The second-order valence-electron chi connectivity index (χ2n) is 4.31. The normalized spacial score (nSPS) is 20.7. The molecule has 0 amide bonds. The van der Waals surface area contributed by atoms with Crippen molar-refractivity contribution in [2.45, 2.75) is 44.6 Å². The van der Waals surface area contributed by atoms with Crippen molar-refractivity contribution in [1.29, 1.82) is 0 Å². The Balaban J connectivity index is 1.89. The highest BCUT2D eigenvalue weighted by atomic mass is 32.1. The molecule has 1 N–H and O–H groups in total. The van der Waals surface area contributed by atoms with E-state index in [1.165, 1.54) is 17.7 Å². The summed E-state index contributed by atoms with van der Waals surface area (Å²) in [5.41, 5.74) is -0.371. The van der Waals surface area contributed by atoms with Gasteiger partial charge in [0.15, 0.2) is 0 Å². The molecular formula is C12H18OS. The molecule has 2 heteroatoms. The maximum atomic E-state index is 10.4. The van der Waals surface area contributed by atoms with Crippen molar-refractivity contribution in [2.24, 2.45) is 5.92 Å². The smallest absolute Gasteiger partial charge is 0.0676 e. The molecule has 14 heavy (non-hydrogen) atoms. The molecule has 0 radical (unpaired) electrons. The Labute approximate surface area is 89.8 Å². The first-order valence-corrected chi connectivity index (χ1v) is 6.37.